The van der Waals surface area contributed by atoms with Crippen LogP contribution in [0.3, 0.4) is 0 Å². The first-order valence-electron chi connectivity index (χ1n) is 7.52. The fourth-order valence-corrected chi connectivity index (χ4v) is 3.23. The Balaban J connectivity index is 2.15. The summed E-state index contributed by atoms with van der Waals surface area (Å²) in [5, 5.41) is 2.12. The molecule has 1 nitrogen and oxygen atoms in total. The largest absolute Gasteiger partial charge is 0.340 e. The molecule has 0 radical (unpaired) electrons. The molecule has 3 rings (SSSR count). The highest BCUT2D eigenvalue weighted by atomic mass is 35.5. The van der Waals surface area contributed by atoms with Crippen molar-refractivity contribution in [3.63, 3.8) is 0 Å². The van der Waals surface area contributed by atoms with Gasteiger partial charge in [-0.1, -0.05) is 55.3 Å². The zero-order chi connectivity index (χ0) is 14.8. The van der Waals surface area contributed by atoms with Gasteiger partial charge in [0.2, 0.25) is 0 Å². The van der Waals surface area contributed by atoms with Crippen molar-refractivity contribution in [3.8, 4) is 0 Å². The first-order chi connectivity index (χ1) is 10.2. The van der Waals surface area contributed by atoms with E-state index in [-0.39, 0.29) is 0 Å². The van der Waals surface area contributed by atoms with E-state index in [0.29, 0.717) is 0 Å². The van der Waals surface area contributed by atoms with Crippen molar-refractivity contribution < 1.29 is 0 Å². The van der Waals surface area contributed by atoms with Gasteiger partial charge in [0.1, 0.15) is 0 Å². The molecule has 2 aromatic carbocycles. The zero-order valence-corrected chi connectivity index (χ0v) is 13.3. The number of halogens is 1. The van der Waals surface area contributed by atoms with E-state index in [0.717, 1.165) is 24.4 Å². The van der Waals surface area contributed by atoms with Crippen LogP contribution in [0.2, 0.25) is 5.02 Å². The van der Waals surface area contributed by atoms with Gasteiger partial charge in [0, 0.05) is 28.2 Å². The molecule has 0 aliphatic rings. The highest BCUT2D eigenvalue weighted by Crippen LogP contribution is 2.30. The minimum atomic E-state index is 0.816. The number of fused-ring (bicyclic) bond motifs is 1. The summed E-state index contributed by atoms with van der Waals surface area (Å²) in [7, 11) is 0. The molecule has 108 valence electrons. The van der Waals surface area contributed by atoms with Gasteiger partial charge >= 0.3 is 0 Å². The normalized spacial score (nSPS) is 11.2. The van der Waals surface area contributed by atoms with Crippen LogP contribution in [0.5, 0.6) is 0 Å². The predicted molar refractivity (Wildman–Crippen MR) is 91.2 cm³/mol. The lowest BCUT2D eigenvalue weighted by molar-refractivity contribution is 0.789. The summed E-state index contributed by atoms with van der Waals surface area (Å²) in [4.78, 5) is 0. The van der Waals surface area contributed by atoms with Crippen LogP contribution in [0, 0.1) is 6.92 Å². The number of benzene rings is 2. The van der Waals surface area contributed by atoms with Crippen molar-refractivity contribution in [2.75, 3.05) is 0 Å². The summed E-state index contributed by atoms with van der Waals surface area (Å²) < 4.78 is 2.41. The molecular formula is C19H20ClN. The highest BCUT2D eigenvalue weighted by molar-refractivity contribution is 6.31. The van der Waals surface area contributed by atoms with Crippen LogP contribution in [0.4, 0.5) is 0 Å². The Labute approximate surface area is 131 Å². The molecule has 0 saturated heterocycles. The Bertz CT molecular complexity index is 756. The van der Waals surface area contributed by atoms with E-state index < -0.39 is 0 Å². The van der Waals surface area contributed by atoms with Gasteiger partial charge in [-0.05, 0) is 42.7 Å². The molecule has 1 aromatic heterocycles. The highest BCUT2D eigenvalue weighted by Gasteiger charge is 2.13. The third-order valence-electron chi connectivity index (χ3n) is 4.10. The third-order valence-corrected chi connectivity index (χ3v) is 4.33. The first-order valence-corrected chi connectivity index (χ1v) is 7.89. The van der Waals surface area contributed by atoms with Crippen LogP contribution in [-0.4, -0.2) is 4.57 Å². The summed E-state index contributed by atoms with van der Waals surface area (Å²) in [5.74, 6) is 0. The Morgan fingerprint density at radius 3 is 2.52 bits per heavy atom. The molecular weight excluding hydrogens is 278 g/mol. The van der Waals surface area contributed by atoms with E-state index in [1.165, 1.54) is 27.7 Å². The number of rotatable bonds is 4. The Kier molecular flexibility index (Phi) is 4.03. The maximum Gasteiger partial charge on any atom is 0.0489 e. The van der Waals surface area contributed by atoms with Crippen molar-refractivity contribution in [2.24, 2.45) is 0 Å². The molecule has 0 unspecified atom stereocenters. The van der Waals surface area contributed by atoms with E-state index in [2.05, 4.69) is 60.9 Å². The van der Waals surface area contributed by atoms with E-state index in [4.69, 9.17) is 11.6 Å². The van der Waals surface area contributed by atoms with Crippen LogP contribution in [-0.2, 0) is 13.0 Å². The van der Waals surface area contributed by atoms with Gasteiger partial charge < -0.3 is 4.57 Å². The average molecular weight is 298 g/mol. The molecule has 0 aliphatic carbocycles. The lowest BCUT2D eigenvalue weighted by atomic mass is 10.1. The molecule has 0 saturated carbocycles. The Morgan fingerprint density at radius 2 is 1.81 bits per heavy atom. The maximum atomic E-state index is 6.20. The lowest BCUT2D eigenvalue weighted by Crippen LogP contribution is -2.02. The quantitative estimate of drug-likeness (QED) is 0.590. The first kappa shape index (κ1) is 14.2. The number of aryl methyl sites for hydroxylation is 1. The standard InChI is InChI=1S/C19H20ClN/c1-3-7-17-14(2)21(13-15-8-5-4-6-9-15)19-11-10-16(20)12-18(17)19/h4-6,8-12H,3,7,13H2,1-2H3. The molecule has 0 amide bonds. The number of hydrogen-bond acceptors (Lipinski definition) is 0. The van der Waals surface area contributed by atoms with Crippen LogP contribution in [0.1, 0.15) is 30.2 Å². The van der Waals surface area contributed by atoms with Crippen molar-refractivity contribution in [3.05, 3.63) is 70.4 Å². The molecule has 3 aromatic rings. The van der Waals surface area contributed by atoms with Gasteiger partial charge in [-0.15, -0.1) is 0 Å². The van der Waals surface area contributed by atoms with Crippen molar-refractivity contribution in [2.45, 2.75) is 33.2 Å². The summed E-state index contributed by atoms with van der Waals surface area (Å²) >= 11 is 6.20. The topological polar surface area (TPSA) is 4.93 Å². The minimum Gasteiger partial charge on any atom is -0.340 e. The summed E-state index contributed by atoms with van der Waals surface area (Å²) in [6, 6.07) is 16.9. The van der Waals surface area contributed by atoms with Gasteiger partial charge in [-0.2, -0.15) is 0 Å². The van der Waals surface area contributed by atoms with Gasteiger partial charge in [0.05, 0.1) is 0 Å². The summed E-state index contributed by atoms with van der Waals surface area (Å²) in [6.45, 7) is 5.36. The summed E-state index contributed by atoms with van der Waals surface area (Å²) in [6.07, 6.45) is 2.25. The van der Waals surface area contributed by atoms with Crippen molar-refractivity contribution >= 4 is 22.5 Å². The molecule has 2 heteroatoms. The number of aromatic nitrogens is 1. The van der Waals surface area contributed by atoms with Gasteiger partial charge in [-0.25, -0.2) is 0 Å². The minimum absolute atomic E-state index is 0.816. The second-order valence-electron chi connectivity index (χ2n) is 5.55. The molecule has 0 spiro atoms. The van der Waals surface area contributed by atoms with Gasteiger partial charge in [0.15, 0.2) is 0 Å². The van der Waals surface area contributed by atoms with E-state index in [1.807, 2.05) is 6.07 Å². The zero-order valence-electron chi connectivity index (χ0n) is 12.6. The third kappa shape index (κ3) is 2.71. The second-order valence-corrected chi connectivity index (χ2v) is 5.98. The smallest absolute Gasteiger partial charge is 0.0489 e. The lowest BCUT2D eigenvalue weighted by Gasteiger charge is -2.09. The molecule has 1 heterocycles. The monoisotopic (exact) mass is 297 g/mol. The Hall–Kier alpha value is -1.73. The molecule has 0 aliphatic heterocycles. The summed E-state index contributed by atoms with van der Waals surface area (Å²) in [5.41, 5.74) is 5.41. The fraction of sp³-hybridized carbons (Fsp3) is 0.263. The average Bonchev–Trinajstić information content (AvgIpc) is 2.74. The molecule has 0 atom stereocenters. The van der Waals surface area contributed by atoms with Crippen LogP contribution in [0.25, 0.3) is 10.9 Å². The molecule has 0 N–H and O–H groups in total. The second kappa shape index (κ2) is 5.95. The van der Waals surface area contributed by atoms with E-state index >= 15 is 0 Å². The van der Waals surface area contributed by atoms with E-state index in [1.54, 1.807) is 0 Å². The molecule has 0 bridgehead atoms. The fourth-order valence-electron chi connectivity index (χ4n) is 3.06. The van der Waals surface area contributed by atoms with Gasteiger partial charge in [0.25, 0.3) is 0 Å². The van der Waals surface area contributed by atoms with Crippen LogP contribution >= 0.6 is 11.6 Å². The number of hydrogen-bond donors (Lipinski definition) is 0. The Morgan fingerprint density at radius 1 is 1.05 bits per heavy atom. The maximum absolute atomic E-state index is 6.20. The molecule has 21 heavy (non-hydrogen) atoms. The van der Waals surface area contributed by atoms with Crippen LogP contribution < -0.4 is 0 Å². The van der Waals surface area contributed by atoms with Crippen LogP contribution in [0.15, 0.2) is 48.5 Å². The van der Waals surface area contributed by atoms with Crippen molar-refractivity contribution in [1.82, 2.24) is 4.57 Å². The van der Waals surface area contributed by atoms with E-state index in [9.17, 15) is 0 Å². The predicted octanol–water partition coefficient (Wildman–Crippen LogP) is 5.60. The number of nitrogens with zero attached hydrogens (tertiary/aromatic N) is 1. The van der Waals surface area contributed by atoms with Crippen molar-refractivity contribution in [1.29, 1.82) is 0 Å². The molecule has 0 fully saturated rings. The SMILES string of the molecule is CCCc1c(C)n(Cc2ccccc2)c2ccc(Cl)cc12. The van der Waals surface area contributed by atoms with Gasteiger partial charge in [-0.3, -0.25) is 0 Å².